The van der Waals surface area contributed by atoms with Crippen LogP contribution in [0.15, 0.2) is 0 Å². The summed E-state index contributed by atoms with van der Waals surface area (Å²) in [5, 5.41) is 8.66. The summed E-state index contributed by atoms with van der Waals surface area (Å²) in [6, 6.07) is 0. The number of hydrogen-bond donors (Lipinski definition) is 1. The van der Waals surface area contributed by atoms with Crippen LogP contribution in [0.1, 0.15) is 84.5 Å². The maximum atomic E-state index is 8.66. The third kappa shape index (κ3) is 16.1. The molecular weight excluding hydrogens is 264 g/mol. The zero-order valence-corrected chi connectivity index (χ0v) is 14.4. The number of aliphatic hydroxyl groups excluding tert-OH is 1. The van der Waals surface area contributed by atoms with E-state index in [0.29, 0.717) is 25.9 Å². The Bertz CT molecular complexity index is 171. The van der Waals surface area contributed by atoms with E-state index in [0.717, 1.165) is 0 Å². The Kier molecular flexibility index (Phi) is 17.8. The summed E-state index contributed by atoms with van der Waals surface area (Å²) >= 11 is 0. The van der Waals surface area contributed by atoms with E-state index in [4.69, 9.17) is 14.6 Å². The molecule has 0 aromatic heterocycles. The minimum atomic E-state index is 0.0951. The lowest BCUT2D eigenvalue weighted by atomic mass is 10.0. The van der Waals surface area contributed by atoms with Crippen LogP contribution in [-0.2, 0) is 9.47 Å². The smallest absolute Gasteiger partial charge is 0.0704 e. The van der Waals surface area contributed by atoms with Crippen molar-refractivity contribution < 1.29 is 14.6 Å². The van der Waals surface area contributed by atoms with Crippen molar-refractivity contribution in [3.63, 3.8) is 0 Å². The molecule has 0 saturated carbocycles. The molecule has 0 aliphatic heterocycles. The Labute approximate surface area is 132 Å². The lowest BCUT2D eigenvalue weighted by molar-refractivity contribution is -0.0101. The summed E-state index contributed by atoms with van der Waals surface area (Å²) in [6.45, 7) is 6.28. The first-order chi connectivity index (χ1) is 10.3. The molecule has 21 heavy (non-hydrogen) atoms. The first-order valence-electron chi connectivity index (χ1n) is 9.15. The zero-order valence-electron chi connectivity index (χ0n) is 14.4. The molecular formula is C18H38O3. The molecule has 3 nitrogen and oxygen atoms in total. The highest BCUT2D eigenvalue weighted by molar-refractivity contribution is 4.60. The van der Waals surface area contributed by atoms with Gasteiger partial charge in [0.15, 0.2) is 0 Å². The van der Waals surface area contributed by atoms with Crippen molar-refractivity contribution >= 4 is 0 Å². The maximum absolute atomic E-state index is 8.66. The van der Waals surface area contributed by atoms with Gasteiger partial charge in [-0.25, -0.2) is 0 Å². The van der Waals surface area contributed by atoms with Crippen LogP contribution >= 0.6 is 0 Å². The molecule has 0 aliphatic rings. The van der Waals surface area contributed by atoms with Gasteiger partial charge >= 0.3 is 0 Å². The summed E-state index contributed by atoms with van der Waals surface area (Å²) in [5.41, 5.74) is 0. The first-order valence-corrected chi connectivity index (χ1v) is 9.15. The van der Waals surface area contributed by atoms with Crippen molar-refractivity contribution in [1.82, 2.24) is 0 Å². The highest BCUT2D eigenvalue weighted by atomic mass is 16.5. The lowest BCUT2D eigenvalue weighted by Crippen LogP contribution is -2.17. The van der Waals surface area contributed by atoms with E-state index in [1.54, 1.807) is 0 Å². The molecule has 128 valence electrons. The predicted octanol–water partition coefficient (Wildman–Crippen LogP) is 4.71. The highest BCUT2D eigenvalue weighted by Crippen LogP contribution is 2.15. The van der Waals surface area contributed by atoms with Gasteiger partial charge in [0.2, 0.25) is 0 Å². The van der Waals surface area contributed by atoms with Gasteiger partial charge in [-0.15, -0.1) is 0 Å². The van der Waals surface area contributed by atoms with E-state index >= 15 is 0 Å². The van der Waals surface area contributed by atoms with E-state index in [2.05, 4.69) is 13.8 Å². The molecule has 0 radical (unpaired) electrons. The van der Waals surface area contributed by atoms with Crippen molar-refractivity contribution in [2.24, 2.45) is 0 Å². The Hall–Kier alpha value is -0.120. The van der Waals surface area contributed by atoms with E-state index in [9.17, 15) is 0 Å². The van der Waals surface area contributed by atoms with Gasteiger partial charge in [-0.1, -0.05) is 71.6 Å². The molecule has 0 heterocycles. The number of rotatable bonds is 17. The van der Waals surface area contributed by atoms with Crippen LogP contribution in [0.4, 0.5) is 0 Å². The largest absolute Gasteiger partial charge is 0.394 e. The molecule has 0 aromatic rings. The van der Waals surface area contributed by atoms with Crippen LogP contribution in [0.2, 0.25) is 0 Å². The second kappa shape index (κ2) is 17.9. The number of aliphatic hydroxyl groups is 1. The number of ether oxygens (including phenoxy) is 2. The average molecular weight is 302 g/mol. The standard InChI is InChI=1S/C18H38O3/c1-3-5-7-9-11-13-18(12-10-8-6-4-2)21-17-16-20-15-14-19/h18-19H,3-17H2,1-2H3. The molecule has 1 N–H and O–H groups in total. The van der Waals surface area contributed by atoms with Gasteiger partial charge in [0.1, 0.15) is 0 Å². The third-order valence-corrected chi connectivity index (χ3v) is 3.83. The Morgan fingerprint density at radius 2 is 1.29 bits per heavy atom. The molecule has 0 rings (SSSR count). The van der Waals surface area contributed by atoms with Crippen molar-refractivity contribution in [3.05, 3.63) is 0 Å². The maximum Gasteiger partial charge on any atom is 0.0704 e. The fourth-order valence-electron chi connectivity index (χ4n) is 2.53. The van der Waals surface area contributed by atoms with Gasteiger partial charge in [-0.2, -0.15) is 0 Å². The summed E-state index contributed by atoms with van der Waals surface area (Å²) in [5.74, 6) is 0. The molecule has 0 spiro atoms. The fraction of sp³-hybridized carbons (Fsp3) is 1.00. The lowest BCUT2D eigenvalue weighted by Gasteiger charge is -2.18. The SMILES string of the molecule is CCCCCCCC(CCCCCC)OCCOCCO. The molecule has 0 aliphatic carbocycles. The first kappa shape index (κ1) is 20.9. The molecule has 0 amide bonds. The normalized spacial score (nSPS) is 12.7. The van der Waals surface area contributed by atoms with Gasteiger partial charge in [0, 0.05) is 0 Å². The molecule has 0 aromatic carbocycles. The monoisotopic (exact) mass is 302 g/mol. The van der Waals surface area contributed by atoms with Crippen LogP contribution < -0.4 is 0 Å². The van der Waals surface area contributed by atoms with E-state index in [-0.39, 0.29) is 6.61 Å². The highest BCUT2D eigenvalue weighted by Gasteiger charge is 2.08. The van der Waals surface area contributed by atoms with Crippen LogP contribution in [0.3, 0.4) is 0 Å². The van der Waals surface area contributed by atoms with Crippen LogP contribution in [-0.4, -0.2) is 37.6 Å². The number of hydrogen-bond acceptors (Lipinski definition) is 3. The molecule has 0 bridgehead atoms. The third-order valence-electron chi connectivity index (χ3n) is 3.83. The predicted molar refractivity (Wildman–Crippen MR) is 89.8 cm³/mol. The minimum Gasteiger partial charge on any atom is -0.394 e. The van der Waals surface area contributed by atoms with Gasteiger partial charge in [0.05, 0.1) is 32.5 Å². The summed E-state index contributed by atoms with van der Waals surface area (Å²) in [6.07, 6.45) is 14.7. The second-order valence-corrected chi connectivity index (χ2v) is 5.88. The van der Waals surface area contributed by atoms with Gasteiger partial charge in [-0.05, 0) is 12.8 Å². The Balaban J connectivity index is 3.69. The molecule has 1 atom stereocenters. The van der Waals surface area contributed by atoms with Gasteiger partial charge in [0.25, 0.3) is 0 Å². The van der Waals surface area contributed by atoms with Crippen LogP contribution in [0.25, 0.3) is 0 Å². The van der Waals surface area contributed by atoms with Crippen molar-refractivity contribution in [2.75, 3.05) is 26.4 Å². The fourth-order valence-corrected chi connectivity index (χ4v) is 2.53. The quantitative estimate of drug-likeness (QED) is 0.395. The van der Waals surface area contributed by atoms with Crippen LogP contribution in [0, 0.1) is 0 Å². The van der Waals surface area contributed by atoms with Crippen LogP contribution in [0.5, 0.6) is 0 Å². The zero-order chi connectivity index (χ0) is 15.6. The second-order valence-electron chi connectivity index (χ2n) is 5.88. The van der Waals surface area contributed by atoms with Crippen molar-refractivity contribution in [1.29, 1.82) is 0 Å². The molecule has 0 fully saturated rings. The van der Waals surface area contributed by atoms with Crippen molar-refractivity contribution in [2.45, 2.75) is 90.6 Å². The van der Waals surface area contributed by atoms with E-state index in [1.807, 2.05) is 0 Å². The Morgan fingerprint density at radius 1 is 0.714 bits per heavy atom. The van der Waals surface area contributed by atoms with Gasteiger partial charge < -0.3 is 14.6 Å². The van der Waals surface area contributed by atoms with Crippen molar-refractivity contribution in [3.8, 4) is 0 Å². The Morgan fingerprint density at radius 3 is 1.86 bits per heavy atom. The average Bonchev–Trinajstić information content (AvgIpc) is 2.50. The summed E-state index contributed by atoms with van der Waals surface area (Å²) in [4.78, 5) is 0. The van der Waals surface area contributed by atoms with E-state index < -0.39 is 0 Å². The molecule has 3 heteroatoms. The van der Waals surface area contributed by atoms with Gasteiger partial charge in [-0.3, -0.25) is 0 Å². The van der Waals surface area contributed by atoms with E-state index in [1.165, 1.54) is 70.6 Å². The summed E-state index contributed by atoms with van der Waals surface area (Å²) in [7, 11) is 0. The number of unbranched alkanes of at least 4 members (excludes halogenated alkanes) is 7. The molecule has 0 saturated heterocycles. The topological polar surface area (TPSA) is 38.7 Å². The molecule has 1 unspecified atom stereocenters. The minimum absolute atomic E-state index is 0.0951. The summed E-state index contributed by atoms with van der Waals surface area (Å²) < 4.78 is 11.2.